The van der Waals surface area contributed by atoms with Gasteiger partial charge in [0.15, 0.2) is 6.10 Å². The second-order valence-corrected chi connectivity index (χ2v) is 11.6. The van der Waals surface area contributed by atoms with Crippen LogP contribution in [0.5, 0.6) is 0 Å². The van der Waals surface area contributed by atoms with E-state index in [9.17, 15) is 29.1 Å². The van der Waals surface area contributed by atoms with E-state index in [0.29, 0.717) is 5.57 Å². The van der Waals surface area contributed by atoms with E-state index in [1.807, 2.05) is 6.92 Å². The Morgan fingerprint density at radius 3 is 2.38 bits per heavy atom. The SMILES string of the molecule is CO[C@H]1/C=C\C=C(/C)C(=O)NC2=CC(=O)C(NC(=O)c3ccncc3)=C(C[C@@H](C)C[C@H](OC)[C@H](O)[C@@H](C)/C=C(\C)[C@H]1OC(N)=O)C2=O. The van der Waals surface area contributed by atoms with E-state index in [2.05, 4.69) is 15.6 Å². The molecule has 2 aliphatic rings. The zero-order valence-corrected chi connectivity index (χ0v) is 27.3. The number of ether oxygens (including phenoxy) is 3. The van der Waals surface area contributed by atoms with Gasteiger partial charge in [-0.05, 0) is 50.3 Å². The van der Waals surface area contributed by atoms with E-state index in [0.717, 1.165) is 6.08 Å². The van der Waals surface area contributed by atoms with Crippen molar-refractivity contribution in [1.82, 2.24) is 15.6 Å². The fourth-order valence-corrected chi connectivity index (χ4v) is 5.41. The number of nitrogens with zero attached hydrogens (tertiary/aromatic N) is 1. The van der Waals surface area contributed by atoms with Crippen molar-refractivity contribution in [2.45, 2.75) is 65.0 Å². The Bertz CT molecular complexity index is 1530. The van der Waals surface area contributed by atoms with Crippen LogP contribution in [0, 0.1) is 11.8 Å². The van der Waals surface area contributed by atoms with E-state index < -0.39 is 59.8 Å². The molecule has 0 fully saturated rings. The molecule has 0 radical (unpaired) electrons. The predicted molar refractivity (Wildman–Crippen MR) is 171 cm³/mol. The quantitative estimate of drug-likeness (QED) is 0.272. The van der Waals surface area contributed by atoms with Crippen LogP contribution >= 0.6 is 0 Å². The topological polar surface area (TPSA) is 196 Å². The van der Waals surface area contributed by atoms with Crippen LogP contribution in [0.4, 0.5) is 4.79 Å². The van der Waals surface area contributed by atoms with Gasteiger partial charge >= 0.3 is 6.09 Å². The number of aliphatic hydroxyl groups excluding tert-OH is 1. The minimum atomic E-state index is -1.03. The van der Waals surface area contributed by atoms with Crippen molar-refractivity contribution in [3.63, 3.8) is 0 Å². The standard InChI is InChI=1S/C34H42N4O9/c1-18-14-23-28(38-33(43)22-10-12-36-13-11-22)25(39)17-24(30(23)41)37-32(42)19(2)8-7-9-26(45-5)31(47-34(35)44)21(4)16-20(3)29(40)27(15-18)46-6/h7-13,16-18,20,26-27,29,31,40H,14-15H2,1-6H3,(H2,35,44)(H,37,42)(H,38,43)/b9-7-,19-8+,21-16+/t18-,20+,26+,27+,29-,31-/m1/s1. The molecule has 1 aromatic rings. The Labute approximate surface area is 273 Å². The molecule has 1 aliphatic heterocycles. The fourth-order valence-electron chi connectivity index (χ4n) is 5.41. The van der Waals surface area contributed by atoms with Crippen LogP contribution in [-0.4, -0.2) is 78.2 Å². The van der Waals surface area contributed by atoms with Gasteiger partial charge in [0.25, 0.3) is 11.8 Å². The molecule has 13 nitrogen and oxygen atoms in total. The average molecular weight is 651 g/mol. The number of nitrogens with one attached hydrogen (secondary N) is 2. The number of primary amides is 1. The van der Waals surface area contributed by atoms with Crippen LogP contribution in [0.25, 0.3) is 0 Å². The largest absolute Gasteiger partial charge is 0.439 e. The third-order valence-electron chi connectivity index (χ3n) is 7.97. The molecule has 3 amide bonds. The Balaban J connectivity index is 2.09. The minimum Gasteiger partial charge on any atom is -0.439 e. The summed E-state index contributed by atoms with van der Waals surface area (Å²) in [6.07, 6.45) is 5.82. The number of pyridine rings is 1. The fraction of sp³-hybridized carbons (Fsp3) is 0.412. The van der Waals surface area contributed by atoms with Crippen molar-refractivity contribution >= 4 is 29.5 Å². The summed E-state index contributed by atoms with van der Waals surface area (Å²) in [6.45, 7) is 6.80. The first kappa shape index (κ1) is 36.7. The van der Waals surface area contributed by atoms with E-state index >= 15 is 0 Å². The molecule has 1 aliphatic carbocycles. The number of carbonyl (C=O) groups excluding carboxylic acids is 5. The predicted octanol–water partition coefficient (Wildman–Crippen LogP) is 2.59. The molecular formula is C34H42N4O9. The molecule has 2 heterocycles. The second-order valence-electron chi connectivity index (χ2n) is 11.6. The highest BCUT2D eigenvalue weighted by Crippen LogP contribution is 2.29. The van der Waals surface area contributed by atoms with Crippen molar-refractivity contribution in [3.8, 4) is 0 Å². The first-order valence-electron chi connectivity index (χ1n) is 15.1. The highest BCUT2D eigenvalue weighted by atomic mass is 16.6. The summed E-state index contributed by atoms with van der Waals surface area (Å²) in [5, 5.41) is 16.4. The molecule has 3 rings (SSSR count). The summed E-state index contributed by atoms with van der Waals surface area (Å²) in [5.74, 6) is -3.41. The summed E-state index contributed by atoms with van der Waals surface area (Å²) >= 11 is 0. The van der Waals surface area contributed by atoms with E-state index in [1.54, 1.807) is 26.0 Å². The minimum absolute atomic E-state index is 0.00432. The Morgan fingerprint density at radius 2 is 1.77 bits per heavy atom. The number of rotatable bonds is 5. The maximum Gasteiger partial charge on any atom is 0.405 e. The summed E-state index contributed by atoms with van der Waals surface area (Å²) in [7, 11) is 2.86. The van der Waals surface area contributed by atoms with Crippen molar-refractivity contribution in [2.75, 3.05) is 14.2 Å². The van der Waals surface area contributed by atoms with Crippen LogP contribution in [-0.2, 0) is 28.6 Å². The third kappa shape index (κ3) is 9.64. The van der Waals surface area contributed by atoms with Crippen LogP contribution in [0.3, 0.4) is 0 Å². The van der Waals surface area contributed by atoms with Crippen LogP contribution in [0.1, 0.15) is 50.9 Å². The van der Waals surface area contributed by atoms with Crippen LogP contribution in [0.15, 0.2) is 83.0 Å². The molecule has 6 atom stereocenters. The van der Waals surface area contributed by atoms with Crippen molar-refractivity contribution < 1.29 is 43.3 Å². The Morgan fingerprint density at radius 1 is 1.09 bits per heavy atom. The monoisotopic (exact) mass is 650 g/mol. The lowest BCUT2D eigenvalue weighted by atomic mass is 9.85. The number of aliphatic hydroxyl groups is 1. The summed E-state index contributed by atoms with van der Waals surface area (Å²) in [5.41, 5.74) is 5.87. The Hall–Kier alpha value is -4.72. The van der Waals surface area contributed by atoms with E-state index in [4.69, 9.17) is 19.9 Å². The normalized spacial score (nSPS) is 29.4. The van der Waals surface area contributed by atoms with Crippen molar-refractivity contribution in [3.05, 3.63) is 88.6 Å². The molecule has 1 aromatic heterocycles. The molecule has 0 unspecified atom stereocenters. The molecule has 0 aromatic carbocycles. The first-order chi connectivity index (χ1) is 22.3. The number of aromatic nitrogens is 1. The second kappa shape index (κ2) is 16.7. The number of hydrogen-bond donors (Lipinski definition) is 4. The van der Waals surface area contributed by atoms with Gasteiger partial charge in [0.2, 0.25) is 11.6 Å². The number of hydrogen-bond acceptors (Lipinski definition) is 10. The molecule has 13 heteroatoms. The number of Topliss-reactive ketones (excluding diaryl/α,β-unsaturated/α-hetero) is 1. The van der Waals surface area contributed by atoms with Gasteiger partial charge in [-0.15, -0.1) is 0 Å². The number of methoxy groups -OCH3 is 2. The zero-order chi connectivity index (χ0) is 34.8. The van der Waals surface area contributed by atoms with Gasteiger partial charge in [-0.2, -0.15) is 0 Å². The number of fused-ring (bicyclic) bond motifs is 2. The number of amides is 3. The van der Waals surface area contributed by atoms with Crippen molar-refractivity contribution in [2.24, 2.45) is 17.6 Å². The number of carbonyl (C=O) groups is 5. The summed E-state index contributed by atoms with van der Waals surface area (Å²) in [4.78, 5) is 69.0. The van der Waals surface area contributed by atoms with Crippen LogP contribution < -0.4 is 16.4 Å². The van der Waals surface area contributed by atoms with E-state index in [-0.39, 0.29) is 46.9 Å². The lowest BCUT2D eigenvalue weighted by molar-refractivity contribution is -0.120. The zero-order valence-electron chi connectivity index (χ0n) is 27.3. The number of allylic oxidation sites excluding steroid dienone is 4. The van der Waals surface area contributed by atoms with Gasteiger partial charge in [0.05, 0.1) is 23.6 Å². The lowest BCUT2D eigenvalue weighted by Gasteiger charge is -2.30. The maximum absolute atomic E-state index is 13.8. The number of ketones is 2. The average Bonchev–Trinajstić information content (AvgIpc) is 3.04. The van der Waals surface area contributed by atoms with Gasteiger partial charge < -0.3 is 35.7 Å². The van der Waals surface area contributed by atoms with Gasteiger partial charge in [0.1, 0.15) is 6.10 Å². The van der Waals surface area contributed by atoms with Crippen molar-refractivity contribution in [1.29, 1.82) is 0 Å². The van der Waals surface area contributed by atoms with Crippen LogP contribution in [0.2, 0.25) is 0 Å². The Kier molecular flexibility index (Phi) is 13.1. The van der Waals surface area contributed by atoms with E-state index in [1.165, 1.54) is 57.8 Å². The number of nitrogens with two attached hydrogens (primary N) is 1. The highest BCUT2D eigenvalue weighted by Gasteiger charge is 2.34. The molecule has 2 bridgehead atoms. The molecule has 0 spiro atoms. The van der Waals surface area contributed by atoms with Gasteiger partial charge in [-0.1, -0.05) is 38.2 Å². The molecule has 5 N–H and O–H groups in total. The van der Waals surface area contributed by atoms with Gasteiger partial charge in [0, 0.05) is 55.3 Å². The smallest absolute Gasteiger partial charge is 0.405 e. The maximum atomic E-state index is 13.8. The molecular weight excluding hydrogens is 608 g/mol. The highest BCUT2D eigenvalue weighted by molar-refractivity contribution is 6.24. The molecule has 252 valence electrons. The molecule has 47 heavy (non-hydrogen) atoms. The summed E-state index contributed by atoms with van der Waals surface area (Å²) < 4.78 is 16.6. The van der Waals surface area contributed by atoms with Gasteiger partial charge in [-0.3, -0.25) is 24.2 Å². The molecule has 0 saturated heterocycles. The third-order valence-corrected chi connectivity index (χ3v) is 7.97. The van der Waals surface area contributed by atoms with Gasteiger partial charge in [-0.25, -0.2) is 4.79 Å². The summed E-state index contributed by atoms with van der Waals surface area (Å²) in [6, 6.07) is 2.93. The lowest BCUT2D eigenvalue weighted by Crippen LogP contribution is -2.38. The molecule has 0 saturated carbocycles. The first-order valence-corrected chi connectivity index (χ1v) is 15.1.